The van der Waals surface area contributed by atoms with Crippen LogP contribution in [0.1, 0.15) is 27.7 Å². The lowest BCUT2D eigenvalue weighted by Crippen LogP contribution is -2.62. The van der Waals surface area contributed by atoms with Gasteiger partial charge in [-0.15, -0.1) is 0 Å². The third-order valence-electron chi connectivity index (χ3n) is 2.92. The molecule has 0 spiro atoms. The first kappa shape index (κ1) is 10.0. The summed E-state index contributed by atoms with van der Waals surface area (Å²) in [5.74, 6) is -0.185. The lowest BCUT2D eigenvalue weighted by molar-refractivity contribution is -0.133. The first-order valence-electron chi connectivity index (χ1n) is 4.53. The fourth-order valence-electron chi connectivity index (χ4n) is 1.50. The van der Waals surface area contributed by atoms with Gasteiger partial charge in [0.25, 0.3) is 0 Å². The van der Waals surface area contributed by atoms with Gasteiger partial charge in [-0.1, -0.05) is 0 Å². The van der Waals surface area contributed by atoms with E-state index in [-0.39, 0.29) is 18.0 Å². The number of imide groups is 1. The number of rotatable bonds is 1. The molecule has 1 aliphatic heterocycles. The summed E-state index contributed by atoms with van der Waals surface area (Å²) in [7, 11) is 0. The molecule has 0 bridgehead atoms. The third kappa shape index (κ3) is 1.41. The summed E-state index contributed by atoms with van der Waals surface area (Å²) in [6.45, 7) is 8.13. The summed E-state index contributed by atoms with van der Waals surface area (Å²) in [5.41, 5.74) is -0.496. The van der Waals surface area contributed by atoms with Crippen LogP contribution < -0.4 is 5.32 Å². The second kappa shape index (κ2) is 3.01. The second-order valence-electron chi connectivity index (χ2n) is 3.94. The van der Waals surface area contributed by atoms with Crippen LogP contribution in [0.25, 0.3) is 0 Å². The number of amides is 3. The topological polar surface area (TPSA) is 49.4 Å². The minimum atomic E-state index is -0.496. The molecule has 1 atom stereocenters. The maximum atomic E-state index is 11.4. The highest BCUT2D eigenvalue weighted by Gasteiger charge is 2.44. The Hall–Kier alpha value is -1.06. The van der Waals surface area contributed by atoms with Gasteiger partial charge in [0.15, 0.2) is 0 Å². The minimum Gasteiger partial charge on any atom is -0.321 e. The molecule has 1 fully saturated rings. The number of nitrogens with zero attached hydrogens (tertiary/aromatic N) is 1. The molecule has 1 unspecified atom stereocenters. The predicted molar refractivity (Wildman–Crippen MR) is 49.2 cm³/mol. The molecule has 0 radical (unpaired) electrons. The van der Waals surface area contributed by atoms with E-state index >= 15 is 0 Å². The van der Waals surface area contributed by atoms with E-state index in [1.807, 2.05) is 27.7 Å². The fourth-order valence-corrected chi connectivity index (χ4v) is 1.50. The van der Waals surface area contributed by atoms with Crippen LogP contribution in [0.2, 0.25) is 0 Å². The van der Waals surface area contributed by atoms with Crippen molar-refractivity contribution >= 4 is 11.9 Å². The number of hydrogen-bond acceptors (Lipinski definition) is 2. The number of hydrogen-bond donors (Lipinski definition) is 1. The average molecular weight is 184 g/mol. The zero-order valence-corrected chi connectivity index (χ0v) is 8.55. The van der Waals surface area contributed by atoms with Crippen molar-refractivity contribution in [1.82, 2.24) is 10.2 Å². The number of nitrogens with one attached hydrogen (secondary N) is 1. The lowest BCUT2D eigenvalue weighted by atomic mass is 9.82. The molecule has 1 heterocycles. The van der Waals surface area contributed by atoms with Crippen LogP contribution in [-0.4, -0.2) is 29.4 Å². The molecule has 0 saturated carbocycles. The van der Waals surface area contributed by atoms with Crippen molar-refractivity contribution in [2.24, 2.45) is 5.41 Å². The van der Waals surface area contributed by atoms with E-state index in [2.05, 4.69) is 5.32 Å². The van der Waals surface area contributed by atoms with Crippen molar-refractivity contribution in [3.05, 3.63) is 0 Å². The van der Waals surface area contributed by atoms with Crippen molar-refractivity contribution in [1.29, 1.82) is 0 Å². The van der Waals surface area contributed by atoms with Crippen molar-refractivity contribution in [2.75, 3.05) is 6.54 Å². The molecule has 4 heteroatoms. The summed E-state index contributed by atoms with van der Waals surface area (Å²) in [4.78, 5) is 24.4. The van der Waals surface area contributed by atoms with Gasteiger partial charge >= 0.3 is 6.03 Å². The zero-order valence-electron chi connectivity index (χ0n) is 8.55. The Morgan fingerprint density at radius 3 is 2.46 bits per heavy atom. The Labute approximate surface area is 78.3 Å². The largest absolute Gasteiger partial charge is 0.324 e. The van der Waals surface area contributed by atoms with Crippen molar-refractivity contribution in [3.8, 4) is 0 Å². The molecule has 1 N–H and O–H groups in total. The van der Waals surface area contributed by atoms with E-state index in [9.17, 15) is 9.59 Å². The molecule has 4 nitrogen and oxygen atoms in total. The van der Waals surface area contributed by atoms with Crippen LogP contribution in [0.5, 0.6) is 0 Å². The Bertz CT molecular complexity index is 248. The Balaban J connectivity index is 2.95. The Morgan fingerprint density at radius 1 is 1.46 bits per heavy atom. The highest BCUT2D eigenvalue weighted by atomic mass is 16.2. The van der Waals surface area contributed by atoms with Crippen LogP contribution in [0.3, 0.4) is 0 Å². The molecular weight excluding hydrogens is 168 g/mol. The fraction of sp³-hybridized carbons (Fsp3) is 0.778. The quantitative estimate of drug-likeness (QED) is 0.660. The highest BCUT2D eigenvalue weighted by molar-refractivity contribution is 6.00. The minimum absolute atomic E-state index is 0.0428. The summed E-state index contributed by atoms with van der Waals surface area (Å²) in [5, 5.41) is 2.35. The van der Waals surface area contributed by atoms with Gasteiger partial charge in [-0.05, 0) is 27.7 Å². The molecule has 0 aromatic rings. The third-order valence-corrected chi connectivity index (χ3v) is 2.92. The second-order valence-corrected chi connectivity index (χ2v) is 3.94. The molecule has 1 rings (SSSR count). The summed E-state index contributed by atoms with van der Waals surface area (Å²) < 4.78 is 0. The van der Waals surface area contributed by atoms with E-state index < -0.39 is 5.41 Å². The first-order chi connectivity index (χ1) is 5.91. The smallest absolute Gasteiger partial charge is 0.321 e. The van der Waals surface area contributed by atoms with E-state index in [4.69, 9.17) is 0 Å². The van der Waals surface area contributed by atoms with Gasteiger partial charge in [0.05, 0.1) is 5.41 Å². The maximum absolute atomic E-state index is 11.4. The number of carbonyl (C=O) groups is 2. The van der Waals surface area contributed by atoms with Crippen molar-refractivity contribution < 1.29 is 9.59 Å². The number of urea groups is 1. The average Bonchev–Trinajstić information content (AvgIpc) is 2.03. The molecule has 0 aromatic carbocycles. The first-order valence-corrected chi connectivity index (χ1v) is 4.53. The van der Waals surface area contributed by atoms with Gasteiger partial charge in [-0.2, -0.15) is 0 Å². The summed E-state index contributed by atoms with van der Waals surface area (Å²) in [6, 6.07) is -0.321. The maximum Gasteiger partial charge on any atom is 0.324 e. The van der Waals surface area contributed by atoms with Gasteiger partial charge in [-0.25, -0.2) is 4.79 Å². The van der Waals surface area contributed by atoms with Gasteiger partial charge in [0, 0.05) is 12.6 Å². The van der Waals surface area contributed by atoms with Gasteiger partial charge in [0.2, 0.25) is 5.91 Å². The molecule has 0 aliphatic carbocycles. The van der Waals surface area contributed by atoms with Gasteiger partial charge in [0.1, 0.15) is 0 Å². The molecule has 74 valence electrons. The SMILES string of the molecule is CCN1C(=O)NC(=O)C(C)(C)C1C. The summed E-state index contributed by atoms with van der Waals surface area (Å²) >= 11 is 0. The van der Waals surface area contributed by atoms with Crippen LogP contribution in [-0.2, 0) is 4.79 Å². The van der Waals surface area contributed by atoms with Crippen LogP contribution in [0.4, 0.5) is 4.79 Å². The van der Waals surface area contributed by atoms with E-state index in [1.165, 1.54) is 0 Å². The lowest BCUT2D eigenvalue weighted by Gasteiger charge is -2.42. The Kier molecular flexibility index (Phi) is 2.32. The van der Waals surface area contributed by atoms with Crippen LogP contribution >= 0.6 is 0 Å². The molecule has 13 heavy (non-hydrogen) atoms. The van der Waals surface area contributed by atoms with Crippen molar-refractivity contribution in [2.45, 2.75) is 33.7 Å². The molecule has 3 amide bonds. The normalized spacial score (nSPS) is 27.4. The molecular formula is C9H16N2O2. The van der Waals surface area contributed by atoms with Gasteiger partial charge in [-0.3, -0.25) is 10.1 Å². The van der Waals surface area contributed by atoms with Gasteiger partial charge < -0.3 is 4.90 Å². The number of carbonyl (C=O) groups excluding carboxylic acids is 2. The van der Waals surface area contributed by atoms with E-state index in [0.717, 1.165) is 0 Å². The van der Waals surface area contributed by atoms with Crippen LogP contribution in [0.15, 0.2) is 0 Å². The molecule has 1 saturated heterocycles. The monoisotopic (exact) mass is 184 g/mol. The van der Waals surface area contributed by atoms with Crippen molar-refractivity contribution in [3.63, 3.8) is 0 Å². The molecule has 0 aromatic heterocycles. The standard InChI is InChI=1S/C9H16N2O2/c1-5-11-6(2)9(3,4)7(12)10-8(11)13/h6H,5H2,1-4H3,(H,10,12,13). The highest BCUT2D eigenvalue weighted by Crippen LogP contribution is 2.28. The predicted octanol–water partition coefficient (Wildman–Crippen LogP) is 0.973. The summed E-state index contributed by atoms with van der Waals surface area (Å²) in [6.07, 6.45) is 0. The zero-order chi connectivity index (χ0) is 10.2. The van der Waals surface area contributed by atoms with E-state index in [1.54, 1.807) is 4.90 Å². The molecule has 1 aliphatic rings. The Morgan fingerprint density at radius 2 is 2.00 bits per heavy atom. The van der Waals surface area contributed by atoms with Crippen LogP contribution in [0, 0.1) is 5.41 Å². The van der Waals surface area contributed by atoms with E-state index in [0.29, 0.717) is 6.54 Å².